The molecule has 2 amide bonds. The van der Waals surface area contributed by atoms with E-state index in [4.69, 9.17) is 9.40 Å². The molecule has 0 unspecified atom stereocenters. The van der Waals surface area contributed by atoms with Crippen molar-refractivity contribution in [2.45, 2.75) is 46.1 Å². The summed E-state index contributed by atoms with van der Waals surface area (Å²) < 4.78 is 19.6. The number of furan rings is 1. The maximum Gasteiger partial charge on any atom is 0.255 e. The van der Waals surface area contributed by atoms with Gasteiger partial charge < -0.3 is 15.1 Å². The van der Waals surface area contributed by atoms with Crippen LogP contribution in [0.1, 0.15) is 66.9 Å². The summed E-state index contributed by atoms with van der Waals surface area (Å²) in [4.78, 5) is 30.6. The van der Waals surface area contributed by atoms with Crippen molar-refractivity contribution >= 4 is 22.9 Å². The van der Waals surface area contributed by atoms with E-state index in [0.29, 0.717) is 33.6 Å². The van der Waals surface area contributed by atoms with E-state index in [-0.39, 0.29) is 29.1 Å². The van der Waals surface area contributed by atoms with E-state index < -0.39 is 0 Å². The molecule has 4 rings (SSSR count). The number of carbonyl (C=O) groups is 2. The number of nitrogens with one attached hydrogen (secondary N) is 2. The molecular formula is C29H30FN3O3. The monoisotopic (exact) mass is 487 g/mol. The zero-order chi connectivity index (χ0) is 26.2. The van der Waals surface area contributed by atoms with Gasteiger partial charge in [-0.05, 0) is 74.7 Å². The lowest BCUT2D eigenvalue weighted by Crippen LogP contribution is -2.40. The highest BCUT2D eigenvalue weighted by Crippen LogP contribution is 2.38. The van der Waals surface area contributed by atoms with Gasteiger partial charge in [0, 0.05) is 29.3 Å². The van der Waals surface area contributed by atoms with Crippen molar-refractivity contribution in [1.29, 1.82) is 0 Å². The van der Waals surface area contributed by atoms with Crippen molar-refractivity contribution in [3.05, 3.63) is 77.2 Å². The van der Waals surface area contributed by atoms with Crippen molar-refractivity contribution in [1.82, 2.24) is 15.6 Å². The molecule has 0 radical (unpaired) electrons. The van der Waals surface area contributed by atoms with Crippen molar-refractivity contribution < 1.29 is 18.4 Å². The van der Waals surface area contributed by atoms with Crippen molar-refractivity contribution in [2.24, 2.45) is 0 Å². The minimum absolute atomic E-state index is 0.0410. The van der Waals surface area contributed by atoms with Crippen LogP contribution in [0.2, 0.25) is 0 Å². The Kier molecular flexibility index (Phi) is 6.67. The average molecular weight is 488 g/mol. The third-order valence-corrected chi connectivity index (χ3v) is 5.74. The van der Waals surface area contributed by atoms with Gasteiger partial charge in [0.25, 0.3) is 11.8 Å². The summed E-state index contributed by atoms with van der Waals surface area (Å²) in [6.45, 7) is 9.85. The Hall–Kier alpha value is -4.00. The van der Waals surface area contributed by atoms with Crippen LogP contribution in [0.15, 0.2) is 59.0 Å². The third kappa shape index (κ3) is 5.00. The van der Waals surface area contributed by atoms with Crippen LogP contribution in [-0.2, 0) is 0 Å². The second kappa shape index (κ2) is 9.57. The maximum absolute atomic E-state index is 13.5. The second-order valence-corrected chi connectivity index (χ2v) is 10.1. The molecule has 7 heteroatoms. The fourth-order valence-electron chi connectivity index (χ4n) is 4.10. The normalized spacial score (nSPS) is 11.7. The van der Waals surface area contributed by atoms with E-state index in [9.17, 15) is 14.0 Å². The number of halogens is 1. The largest absolute Gasteiger partial charge is 0.437 e. The number of hydrogen-bond acceptors (Lipinski definition) is 4. The van der Waals surface area contributed by atoms with E-state index in [1.807, 2.05) is 58.9 Å². The number of amides is 2. The third-order valence-electron chi connectivity index (χ3n) is 5.74. The molecule has 0 aliphatic carbocycles. The molecule has 0 atom stereocenters. The SMILES string of the molecule is CNC(=O)c1c(-c2ccc(F)cc2)oc2nc(C(C)C)c(-c3cccc(C(=O)NC(C)(C)C)c3)cc12. The average Bonchev–Trinajstić information content (AvgIpc) is 3.20. The first-order valence-corrected chi connectivity index (χ1v) is 11.9. The van der Waals surface area contributed by atoms with Crippen LogP contribution < -0.4 is 10.6 Å². The Labute approximate surface area is 209 Å². The molecular weight excluding hydrogens is 457 g/mol. The number of carbonyl (C=O) groups excluding carboxylic acids is 2. The summed E-state index contributed by atoms with van der Waals surface area (Å²) >= 11 is 0. The van der Waals surface area contributed by atoms with E-state index in [0.717, 1.165) is 16.8 Å². The van der Waals surface area contributed by atoms with Crippen LogP contribution in [0, 0.1) is 5.82 Å². The predicted octanol–water partition coefficient (Wildman–Crippen LogP) is 6.31. The summed E-state index contributed by atoms with van der Waals surface area (Å²) in [5, 5.41) is 6.20. The maximum atomic E-state index is 13.5. The summed E-state index contributed by atoms with van der Waals surface area (Å²) in [5.41, 5.74) is 3.77. The van der Waals surface area contributed by atoms with Crippen LogP contribution in [0.4, 0.5) is 4.39 Å². The van der Waals surface area contributed by atoms with Gasteiger partial charge in [-0.25, -0.2) is 9.37 Å². The Morgan fingerprint density at radius 2 is 1.67 bits per heavy atom. The lowest BCUT2D eigenvalue weighted by molar-refractivity contribution is 0.0918. The van der Waals surface area contributed by atoms with E-state index in [1.165, 1.54) is 12.1 Å². The Balaban J connectivity index is 1.94. The molecule has 186 valence electrons. The van der Waals surface area contributed by atoms with Crippen LogP contribution in [-0.4, -0.2) is 29.4 Å². The number of hydrogen-bond donors (Lipinski definition) is 2. The fourth-order valence-corrected chi connectivity index (χ4v) is 4.10. The van der Waals surface area contributed by atoms with Gasteiger partial charge in [-0.3, -0.25) is 9.59 Å². The molecule has 2 aromatic carbocycles. The quantitative estimate of drug-likeness (QED) is 0.345. The number of fused-ring (bicyclic) bond motifs is 1. The highest BCUT2D eigenvalue weighted by Gasteiger charge is 2.25. The Bertz CT molecular complexity index is 1450. The van der Waals surface area contributed by atoms with Crippen molar-refractivity contribution in [3.63, 3.8) is 0 Å². The lowest BCUT2D eigenvalue weighted by atomic mass is 9.94. The number of rotatable bonds is 5. The molecule has 0 saturated carbocycles. The van der Waals surface area contributed by atoms with Gasteiger partial charge in [0.1, 0.15) is 11.6 Å². The van der Waals surface area contributed by atoms with Gasteiger partial charge in [0.2, 0.25) is 5.71 Å². The van der Waals surface area contributed by atoms with Gasteiger partial charge >= 0.3 is 0 Å². The highest BCUT2D eigenvalue weighted by atomic mass is 19.1. The van der Waals surface area contributed by atoms with Crippen LogP contribution in [0.25, 0.3) is 33.6 Å². The fraction of sp³-hybridized carbons (Fsp3) is 0.276. The minimum Gasteiger partial charge on any atom is -0.437 e. The van der Waals surface area contributed by atoms with Gasteiger partial charge in [0.15, 0.2) is 0 Å². The Morgan fingerprint density at radius 3 is 2.28 bits per heavy atom. The van der Waals surface area contributed by atoms with Crippen molar-refractivity contribution in [2.75, 3.05) is 7.05 Å². The first-order valence-electron chi connectivity index (χ1n) is 11.9. The minimum atomic E-state index is -0.380. The first kappa shape index (κ1) is 25.1. The number of nitrogens with zero attached hydrogens (tertiary/aromatic N) is 1. The molecule has 0 spiro atoms. The summed E-state index contributed by atoms with van der Waals surface area (Å²) in [7, 11) is 1.55. The highest BCUT2D eigenvalue weighted by molar-refractivity contribution is 6.11. The van der Waals surface area contributed by atoms with Gasteiger partial charge in [0.05, 0.1) is 16.6 Å². The molecule has 36 heavy (non-hydrogen) atoms. The number of benzene rings is 2. The van der Waals surface area contributed by atoms with E-state index in [1.54, 1.807) is 25.2 Å². The molecule has 0 saturated heterocycles. The zero-order valence-electron chi connectivity index (χ0n) is 21.3. The van der Waals surface area contributed by atoms with Gasteiger partial charge in [-0.2, -0.15) is 0 Å². The molecule has 0 bridgehead atoms. The molecule has 2 N–H and O–H groups in total. The second-order valence-electron chi connectivity index (χ2n) is 10.1. The molecule has 2 heterocycles. The summed E-state index contributed by atoms with van der Waals surface area (Å²) in [5.74, 6) is -0.524. The van der Waals surface area contributed by atoms with Gasteiger partial charge in [-0.1, -0.05) is 26.0 Å². The number of pyridine rings is 1. The van der Waals surface area contributed by atoms with E-state index >= 15 is 0 Å². The van der Waals surface area contributed by atoms with Crippen LogP contribution in [0.3, 0.4) is 0 Å². The van der Waals surface area contributed by atoms with Gasteiger partial charge in [-0.15, -0.1) is 0 Å². The lowest BCUT2D eigenvalue weighted by Gasteiger charge is -2.21. The summed E-state index contributed by atoms with van der Waals surface area (Å²) in [6.07, 6.45) is 0. The Morgan fingerprint density at radius 1 is 0.972 bits per heavy atom. The predicted molar refractivity (Wildman–Crippen MR) is 140 cm³/mol. The van der Waals surface area contributed by atoms with Crippen molar-refractivity contribution in [3.8, 4) is 22.5 Å². The topological polar surface area (TPSA) is 84.2 Å². The molecule has 0 aliphatic heterocycles. The smallest absolute Gasteiger partial charge is 0.255 e. The van der Waals surface area contributed by atoms with Crippen LogP contribution >= 0.6 is 0 Å². The number of aromatic nitrogens is 1. The standard InChI is InChI=1S/C29H30FN3O3/c1-16(2)24-21(18-8-7-9-19(14-18)26(34)33-29(3,4)5)15-22-23(27(35)31-6)25(36-28(22)32-24)17-10-12-20(30)13-11-17/h7-16H,1-6H3,(H,31,35)(H,33,34). The first-order chi connectivity index (χ1) is 17.0. The molecule has 0 aliphatic rings. The summed E-state index contributed by atoms with van der Waals surface area (Å²) in [6, 6.07) is 15.0. The zero-order valence-corrected chi connectivity index (χ0v) is 21.3. The molecule has 0 fully saturated rings. The van der Waals surface area contributed by atoms with E-state index in [2.05, 4.69) is 10.6 Å². The van der Waals surface area contributed by atoms with Crippen LogP contribution in [0.5, 0.6) is 0 Å². The molecule has 2 aromatic heterocycles. The molecule has 6 nitrogen and oxygen atoms in total. The molecule has 4 aromatic rings.